The van der Waals surface area contributed by atoms with E-state index < -0.39 is 41.0 Å². The highest BCUT2D eigenvalue weighted by atomic mass is 32.1. The first-order valence-corrected chi connectivity index (χ1v) is 11.7. The first kappa shape index (κ1) is 26.6. The van der Waals surface area contributed by atoms with Crippen molar-refractivity contribution in [3.8, 4) is 5.13 Å². The zero-order chi connectivity index (χ0) is 27.3. The van der Waals surface area contributed by atoms with Crippen molar-refractivity contribution < 1.29 is 35.9 Å². The third-order valence-electron chi connectivity index (χ3n) is 5.62. The fourth-order valence-electron chi connectivity index (χ4n) is 3.55. The SMILES string of the molecule is Cc1nc([C@H](C)NC(=O)c2cc(C(F)(F)F)cc(C(F)(F)F)c2)n(-c2ncc(C(=O)N(C)C3CC3)s2)n1. The Morgan fingerprint density at radius 3 is 2.24 bits per heavy atom. The molecule has 2 heterocycles. The molecule has 2 aromatic heterocycles. The fourth-order valence-corrected chi connectivity index (χ4v) is 4.41. The summed E-state index contributed by atoms with van der Waals surface area (Å²) in [6, 6.07) is -0.159. The third-order valence-corrected chi connectivity index (χ3v) is 6.58. The van der Waals surface area contributed by atoms with Crippen LogP contribution in [0.5, 0.6) is 0 Å². The van der Waals surface area contributed by atoms with Crippen LogP contribution in [0.4, 0.5) is 26.3 Å². The molecule has 0 bridgehead atoms. The summed E-state index contributed by atoms with van der Waals surface area (Å²) in [4.78, 5) is 35.7. The first-order chi connectivity index (χ1) is 17.1. The van der Waals surface area contributed by atoms with Gasteiger partial charge in [0, 0.05) is 18.7 Å². The molecule has 1 fully saturated rings. The summed E-state index contributed by atoms with van der Waals surface area (Å²) in [5.74, 6) is -0.987. The van der Waals surface area contributed by atoms with Crippen molar-refractivity contribution in [3.63, 3.8) is 0 Å². The second kappa shape index (κ2) is 9.43. The number of alkyl halides is 6. The van der Waals surface area contributed by atoms with Crippen LogP contribution in [0.3, 0.4) is 0 Å². The molecule has 15 heteroatoms. The second-order valence-electron chi connectivity index (χ2n) is 8.57. The normalized spacial score (nSPS) is 14.9. The number of carbonyl (C=O) groups excluding carboxylic acids is 2. The highest BCUT2D eigenvalue weighted by molar-refractivity contribution is 7.16. The van der Waals surface area contributed by atoms with Crippen LogP contribution >= 0.6 is 11.3 Å². The molecule has 0 spiro atoms. The van der Waals surface area contributed by atoms with Gasteiger partial charge in [-0.05, 0) is 44.9 Å². The number of thiazole rings is 1. The van der Waals surface area contributed by atoms with Crippen molar-refractivity contribution in [2.24, 2.45) is 0 Å². The number of nitrogens with zero attached hydrogens (tertiary/aromatic N) is 5. The number of rotatable bonds is 6. The highest BCUT2D eigenvalue weighted by Gasteiger charge is 2.38. The minimum absolute atomic E-state index is 0.0534. The Labute approximate surface area is 210 Å². The zero-order valence-electron chi connectivity index (χ0n) is 19.6. The minimum Gasteiger partial charge on any atom is -0.342 e. The number of carbonyl (C=O) groups is 2. The molecule has 1 aliphatic carbocycles. The van der Waals surface area contributed by atoms with E-state index >= 15 is 0 Å². The Kier molecular flexibility index (Phi) is 6.77. The molecule has 0 unspecified atom stereocenters. The summed E-state index contributed by atoms with van der Waals surface area (Å²) >= 11 is 1.03. The number of hydrogen-bond acceptors (Lipinski definition) is 6. The molecule has 2 amide bonds. The lowest BCUT2D eigenvalue weighted by Crippen LogP contribution is -2.29. The number of benzene rings is 1. The third kappa shape index (κ3) is 5.76. The van der Waals surface area contributed by atoms with Gasteiger partial charge >= 0.3 is 12.4 Å². The van der Waals surface area contributed by atoms with Gasteiger partial charge in [0.1, 0.15) is 10.7 Å². The smallest absolute Gasteiger partial charge is 0.342 e. The van der Waals surface area contributed by atoms with Gasteiger partial charge in [0.05, 0.1) is 23.4 Å². The molecule has 1 N–H and O–H groups in total. The first-order valence-electron chi connectivity index (χ1n) is 10.9. The van der Waals surface area contributed by atoms with Crippen LogP contribution in [0, 0.1) is 6.92 Å². The largest absolute Gasteiger partial charge is 0.416 e. The number of halogens is 6. The van der Waals surface area contributed by atoms with E-state index in [0.29, 0.717) is 17.0 Å². The topological polar surface area (TPSA) is 93.0 Å². The molecular weight excluding hydrogens is 526 g/mol. The quantitative estimate of drug-likeness (QED) is 0.449. The predicted molar refractivity (Wildman–Crippen MR) is 119 cm³/mol. The molecule has 3 aromatic rings. The fraction of sp³-hybridized carbons (Fsp3) is 0.409. The van der Waals surface area contributed by atoms with Crippen molar-refractivity contribution in [2.75, 3.05) is 7.05 Å². The Bertz CT molecular complexity index is 1310. The van der Waals surface area contributed by atoms with E-state index in [4.69, 9.17) is 0 Å². The van der Waals surface area contributed by atoms with Gasteiger partial charge < -0.3 is 10.2 Å². The lowest BCUT2D eigenvalue weighted by molar-refractivity contribution is -0.143. The summed E-state index contributed by atoms with van der Waals surface area (Å²) in [5.41, 5.74) is -4.02. The number of aromatic nitrogens is 4. The van der Waals surface area contributed by atoms with Gasteiger partial charge in [0.2, 0.25) is 5.13 Å². The van der Waals surface area contributed by atoms with Gasteiger partial charge in [-0.15, -0.1) is 5.10 Å². The van der Waals surface area contributed by atoms with E-state index in [-0.39, 0.29) is 34.8 Å². The Balaban J connectivity index is 1.59. The zero-order valence-corrected chi connectivity index (χ0v) is 20.4. The Hall–Kier alpha value is -3.49. The summed E-state index contributed by atoms with van der Waals surface area (Å²) in [6.07, 6.45) is -6.95. The number of amides is 2. The monoisotopic (exact) mass is 546 g/mol. The van der Waals surface area contributed by atoms with Crippen LogP contribution < -0.4 is 5.32 Å². The van der Waals surface area contributed by atoms with Crippen LogP contribution in [0.15, 0.2) is 24.4 Å². The van der Waals surface area contributed by atoms with E-state index in [1.807, 2.05) is 0 Å². The molecular formula is C22H20F6N6O2S. The summed E-state index contributed by atoms with van der Waals surface area (Å²) < 4.78 is 80.3. The molecule has 0 saturated heterocycles. The maximum absolute atomic E-state index is 13.2. The van der Waals surface area contributed by atoms with E-state index in [0.717, 1.165) is 24.2 Å². The molecule has 37 heavy (non-hydrogen) atoms. The van der Waals surface area contributed by atoms with Crippen molar-refractivity contribution in [1.29, 1.82) is 0 Å². The van der Waals surface area contributed by atoms with Gasteiger partial charge in [0.25, 0.3) is 11.8 Å². The average Bonchev–Trinajstić information content (AvgIpc) is 3.41. The average molecular weight is 546 g/mol. The summed E-state index contributed by atoms with van der Waals surface area (Å²) in [6.45, 7) is 2.99. The van der Waals surface area contributed by atoms with E-state index in [1.165, 1.54) is 17.8 Å². The molecule has 1 aromatic carbocycles. The number of aryl methyl sites for hydroxylation is 1. The van der Waals surface area contributed by atoms with Gasteiger partial charge in [0.15, 0.2) is 5.82 Å². The molecule has 1 saturated carbocycles. The molecule has 8 nitrogen and oxygen atoms in total. The second-order valence-corrected chi connectivity index (χ2v) is 9.58. The molecule has 198 valence electrons. The van der Waals surface area contributed by atoms with Gasteiger partial charge in [-0.3, -0.25) is 9.59 Å². The van der Waals surface area contributed by atoms with Crippen molar-refractivity contribution in [3.05, 3.63) is 57.6 Å². The van der Waals surface area contributed by atoms with Crippen LogP contribution in [0.25, 0.3) is 5.13 Å². The minimum atomic E-state index is -5.09. The standard InChI is InChI=1S/C22H20F6N6O2S/c1-10(30-18(35)12-6-13(21(23,24)25)8-14(7-12)22(26,27)28)17-31-11(2)32-34(17)20-29-9-16(37-20)19(36)33(3)15-4-5-15/h6-10,15H,4-5H2,1-3H3,(H,30,35)/t10-/m0/s1. The van der Waals surface area contributed by atoms with Crippen molar-refractivity contribution >= 4 is 23.2 Å². The molecule has 0 radical (unpaired) electrons. The molecule has 1 atom stereocenters. The summed E-state index contributed by atoms with van der Waals surface area (Å²) in [7, 11) is 1.69. The van der Waals surface area contributed by atoms with Gasteiger partial charge in [-0.25, -0.2) is 9.97 Å². The molecule has 0 aliphatic heterocycles. The van der Waals surface area contributed by atoms with Crippen molar-refractivity contribution in [1.82, 2.24) is 30.0 Å². The van der Waals surface area contributed by atoms with Crippen LogP contribution in [0.1, 0.15) is 68.6 Å². The number of hydrogen-bond donors (Lipinski definition) is 1. The van der Waals surface area contributed by atoms with Crippen LogP contribution in [-0.2, 0) is 12.4 Å². The Morgan fingerprint density at radius 2 is 1.70 bits per heavy atom. The lowest BCUT2D eigenvalue weighted by Gasteiger charge is -2.16. The van der Waals surface area contributed by atoms with Crippen molar-refractivity contribution in [2.45, 2.75) is 51.1 Å². The number of nitrogens with one attached hydrogen (secondary N) is 1. The maximum Gasteiger partial charge on any atom is 0.416 e. The van der Waals surface area contributed by atoms with Gasteiger partial charge in [-0.2, -0.15) is 31.0 Å². The predicted octanol–water partition coefficient (Wildman–Crippen LogP) is 4.80. The summed E-state index contributed by atoms with van der Waals surface area (Å²) in [5, 5.41) is 6.84. The van der Waals surface area contributed by atoms with Crippen LogP contribution in [-0.4, -0.2) is 49.6 Å². The lowest BCUT2D eigenvalue weighted by atomic mass is 10.0. The maximum atomic E-state index is 13.2. The highest BCUT2D eigenvalue weighted by Crippen LogP contribution is 2.36. The molecule has 4 rings (SSSR count). The molecule has 1 aliphatic rings. The van der Waals surface area contributed by atoms with E-state index in [9.17, 15) is 35.9 Å². The van der Waals surface area contributed by atoms with E-state index in [2.05, 4.69) is 20.4 Å². The van der Waals surface area contributed by atoms with Gasteiger partial charge in [-0.1, -0.05) is 11.3 Å². The van der Waals surface area contributed by atoms with E-state index in [1.54, 1.807) is 18.9 Å². The van der Waals surface area contributed by atoms with Crippen LogP contribution in [0.2, 0.25) is 0 Å². The Morgan fingerprint density at radius 1 is 1.11 bits per heavy atom.